The highest BCUT2D eigenvalue weighted by Crippen LogP contribution is 2.28. The Kier molecular flexibility index (Phi) is 6.62. The van der Waals surface area contributed by atoms with Crippen molar-refractivity contribution in [2.45, 2.75) is 39.2 Å². The van der Waals surface area contributed by atoms with Gasteiger partial charge < -0.3 is 20.1 Å². The summed E-state index contributed by atoms with van der Waals surface area (Å²) >= 11 is 0. The number of aliphatic carboxylic acids is 1. The van der Waals surface area contributed by atoms with Gasteiger partial charge in [-0.1, -0.05) is 0 Å². The molecule has 1 unspecified atom stereocenters. The lowest BCUT2D eigenvalue weighted by Gasteiger charge is -2.27. The van der Waals surface area contributed by atoms with E-state index in [0.717, 1.165) is 12.5 Å². The Hall–Kier alpha value is -1.30. The van der Waals surface area contributed by atoms with Gasteiger partial charge in [0, 0.05) is 25.7 Å². The van der Waals surface area contributed by atoms with E-state index in [1.165, 1.54) is 17.7 Å². The molecule has 2 amide bonds. The fourth-order valence-electron chi connectivity index (χ4n) is 1.88. The zero-order valence-corrected chi connectivity index (χ0v) is 11.7. The summed E-state index contributed by atoms with van der Waals surface area (Å²) in [6.07, 6.45) is 2.46. The van der Waals surface area contributed by atoms with Crippen molar-refractivity contribution in [3.63, 3.8) is 0 Å². The van der Waals surface area contributed by atoms with Crippen molar-refractivity contribution in [1.82, 2.24) is 10.2 Å². The van der Waals surface area contributed by atoms with Crippen LogP contribution in [0.5, 0.6) is 0 Å². The van der Waals surface area contributed by atoms with Crippen molar-refractivity contribution < 1.29 is 19.4 Å². The van der Waals surface area contributed by atoms with Gasteiger partial charge in [-0.15, -0.1) is 0 Å². The summed E-state index contributed by atoms with van der Waals surface area (Å²) in [5.41, 5.74) is 0. The topological polar surface area (TPSA) is 78.9 Å². The SMILES string of the molecule is CCN(C(=O)NCCOCC1CC1)C(C)CC(=O)O. The van der Waals surface area contributed by atoms with Gasteiger partial charge in [0.1, 0.15) is 0 Å². The monoisotopic (exact) mass is 272 g/mol. The summed E-state index contributed by atoms with van der Waals surface area (Å²) in [5.74, 6) is -0.176. The first-order valence-corrected chi connectivity index (χ1v) is 6.88. The van der Waals surface area contributed by atoms with Crippen LogP contribution in [0.15, 0.2) is 0 Å². The number of hydrogen-bond acceptors (Lipinski definition) is 3. The Morgan fingerprint density at radius 2 is 2.16 bits per heavy atom. The molecule has 0 aromatic heterocycles. The van der Waals surface area contributed by atoms with Gasteiger partial charge in [-0.2, -0.15) is 0 Å². The van der Waals surface area contributed by atoms with Crippen molar-refractivity contribution in [1.29, 1.82) is 0 Å². The summed E-state index contributed by atoms with van der Waals surface area (Å²) in [6, 6.07) is -0.541. The second-order valence-electron chi connectivity index (χ2n) is 4.98. The van der Waals surface area contributed by atoms with E-state index in [1.807, 2.05) is 6.92 Å². The molecular weight excluding hydrogens is 248 g/mol. The number of ether oxygens (including phenoxy) is 1. The molecule has 0 aliphatic heterocycles. The zero-order valence-electron chi connectivity index (χ0n) is 11.7. The lowest BCUT2D eigenvalue weighted by Crippen LogP contribution is -2.46. The largest absolute Gasteiger partial charge is 0.481 e. The van der Waals surface area contributed by atoms with Crippen LogP contribution in [0.25, 0.3) is 0 Å². The number of hydrogen-bond donors (Lipinski definition) is 2. The van der Waals surface area contributed by atoms with Gasteiger partial charge in [-0.25, -0.2) is 4.79 Å². The number of carbonyl (C=O) groups is 2. The summed E-state index contributed by atoms with van der Waals surface area (Å²) in [7, 11) is 0. The molecule has 6 heteroatoms. The van der Waals surface area contributed by atoms with E-state index in [0.29, 0.717) is 19.7 Å². The van der Waals surface area contributed by atoms with Gasteiger partial charge in [0.25, 0.3) is 0 Å². The maximum absolute atomic E-state index is 11.9. The first-order valence-electron chi connectivity index (χ1n) is 6.88. The van der Waals surface area contributed by atoms with Gasteiger partial charge in [0.15, 0.2) is 0 Å². The van der Waals surface area contributed by atoms with E-state index in [2.05, 4.69) is 5.32 Å². The standard InChI is InChI=1S/C13H24N2O4/c1-3-15(10(2)8-12(16)17)13(18)14-6-7-19-9-11-4-5-11/h10-11H,3-9H2,1-2H3,(H,14,18)(H,16,17). The van der Waals surface area contributed by atoms with Crippen molar-refractivity contribution in [2.24, 2.45) is 5.92 Å². The van der Waals surface area contributed by atoms with Gasteiger partial charge in [0.2, 0.25) is 0 Å². The van der Waals surface area contributed by atoms with Crippen LogP contribution >= 0.6 is 0 Å². The van der Waals surface area contributed by atoms with Gasteiger partial charge in [-0.3, -0.25) is 4.79 Å². The molecule has 6 nitrogen and oxygen atoms in total. The van der Waals surface area contributed by atoms with Gasteiger partial charge in [0.05, 0.1) is 13.0 Å². The number of urea groups is 1. The summed E-state index contributed by atoms with van der Waals surface area (Å²) in [6.45, 7) is 5.81. The van der Waals surface area contributed by atoms with Crippen molar-refractivity contribution in [3.05, 3.63) is 0 Å². The first-order chi connectivity index (χ1) is 9.04. The minimum atomic E-state index is -0.897. The first kappa shape index (κ1) is 15.8. The Morgan fingerprint density at radius 3 is 2.68 bits per heavy atom. The Bertz CT molecular complexity index is 305. The number of rotatable bonds is 9. The highest BCUT2D eigenvalue weighted by Gasteiger charge is 2.22. The van der Waals surface area contributed by atoms with Crippen LogP contribution in [0.1, 0.15) is 33.1 Å². The number of carboxylic acid groups (broad SMARTS) is 1. The average Bonchev–Trinajstić information content (AvgIpc) is 3.12. The van der Waals surface area contributed by atoms with Crippen LogP contribution in [0.4, 0.5) is 4.79 Å². The highest BCUT2D eigenvalue weighted by molar-refractivity contribution is 5.75. The van der Waals surface area contributed by atoms with Crippen molar-refractivity contribution in [2.75, 3.05) is 26.3 Å². The molecule has 1 fully saturated rings. The molecule has 1 saturated carbocycles. The van der Waals surface area contributed by atoms with Crippen molar-refractivity contribution >= 4 is 12.0 Å². The lowest BCUT2D eigenvalue weighted by molar-refractivity contribution is -0.138. The molecule has 1 rings (SSSR count). The second-order valence-corrected chi connectivity index (χ2v) is 4.98. The Morgan fingerprint density at radius 1 is 1.47 bits per heavy atom. The van der Waals surface area contributed by atoms with Gasteiger partial charge >= 0.3 is 12.0 Å². The molecule has 0 heterocycles. The van der Waals surface area contributed by atoms with E-state index >= 15 is 0 Å². The molecule has 0 bridgehead atoms. The van der Waals surface area contributed by atoms with Crippen LogP contribution in [0, 0.1) is 5.92 Å². The fraction of sp³-hybridized carbons (Fsp3) is 0.846. The average molecular weight is 272 g/mol. The zero-order chi connectivity index (χ0) is 14.3. The third-order valence-corrected chi connectivity index (χ3v) is 3.18. The Balaban J connectivity index is 2.17. The van der Waals surface area contributed by atoms with E-state index in [1.54, 1.807) is 6.92 Å². The molecule has 1 atom stereocenters. The predicted molar refractivity (Wildman–Crippen MR) is 71.0 cm³/mol. The van der Waals surface area contributed by atoms with Crippen molar-refractivity contribution in [3.8, 4) is 0 Å². The quantitative estimate of drug-likeness (QED) is 0.620. The molecule has 1 aliphatic carbocycles. The number of carboxylic acids is 1. The molecule has 0 aromatic rings. The van der Waals surface area contributed by atoms with Crippen LogP contribution in [0.2, 0.25) is 0 Å². The molecule has 0 saturated heterocycles. The van der Waals surface area contributed by atoms with E-state index in [9.17, 15) is 9.59 Å². The van der Waals surface area contributed by atoms with Gasteiger partial charge in [-0.05, 0) is 32.6 Å². The number of nitrogens with one attached hydrogen (secondary N) is 1. The number of nitrogens with zero attached hydrogens (tertiary/aromatic N) is 1. The minimum absolute atomic E-state index is 0.0422. The molecule has 19 heavy (non-hydrogen) atoms. The van der Waals surface area contributed by atoms with Crippen LogP contribution in [-0.2, 0) is 9.53 Å². The maximum Gasteiger partial charge on any atom is 0.317 e. The summed E-state index contributed by atoms with van der Waals surface area (Å²) in [5, 5.41) is 11.5. The molecule has 110 valence electrons. The third kappa shape index (κ3) is 6.42. The molecule has 1 aliphatic rings. The second kappa shape index (κ2) is 7.99. The normalized spacial score (nSPS) is 15.9. The molecule has 0 spiro atoms. The Labute approximate surface area is 114 Å². The summed E-state index contributed by atoms with van der Waals surface area (Å²) < 4.78 is 5.42. The molecular formula is C13H24N2O4. The highest BCUT2D eigenvalue weighted by atomic mass is 16.5. The smallest absolute Gasteiger partial charge is 0.317 e. The van der Waals surface area contributed by atoms with Crippen LogP contribution in [-0.4, -0.2) is 54.4 Å². The maximum atomic E-state index is 11.9. The summed E-state index contributed by atoms with van der Waals surface area (Å²) in [4.78, 5) is 24.0. The van der Waals surface area contributed by atoms with E-state index < -0.39 is 5.97 Å². The third-order valence-electron chi connectivity index (χ3n) is 3.18. The molecule has 2 N–H and O–H groups in total. The fourth-order valence-corrected chi connectivity index (χ4v) is 1.88. The number of amides is 2. The molecule has 0 radical (unpaired) electrons. The minimum Gasteiger partial charge on any atom is -0.481 e. The molecule has 0 aromatic carbocycles. The van der Waals surface area contributed by atoms with E-state index in [-0.39, 0.29) is 18.5 Å². The van der Waals surface area contributed by atoms with E-state index in [4.69, 9.17) is 9.84 Å². The predicted octanol–water partition coefficient (Wildman–Crippen LogP) is 1.31. The number of carbonyl (C=O) groups excluding carboxylic acids is 1. The lowest BCUT2D eigenvalue weighted by atomic mass is 10.2. The van der Waals surface area contributed by atoms with Crippen LogP contribution in [0.3, 0.4) is 0 Å². The van der Waals surface area contributed by atoms with Crippen LogP contribution < -0.4 is 5.32 Å².